The Labute approximate surface area is 111 Å². The van der Waals surface area contributed by atoms with Gasteiger partial charge in [-0.05, 0) is 29.2 Å². The molecule has 0 saturated carbocycles. The number of benzene rings is 2. The highest BCUT2D eigenvalue weighted by atomic mass is 16.4. The van der Waals surface area contributed by atoms with Crippen LogP contribution in [0, 0.1) is 0 Å². The number of nitrogen functional groups attached to an aromatic ring is 1. The number of carboxylic acid groups (broad SMARTS) is 1. The Morgan fingerprint density at radius 3 is 2.42 bits per heavy atom. The highest BCUT2D eigenvalue weighted by Crippen LogP contribution is 2.48. The van der Waals surface area contributed by atoms with Crippen molar-refractivity contribution >= 4 is 22.8 Å². The summed E-state index contributed by atoms with van der Waals surface area (Å²) in [6.07, 6.45) is 0.872. The van der Waals surface area contributed by atoms with Gasteiger partial charge in [0.15, 0.2) is 0 Å². The Morgan fingerprint density at radius 1 is 1.00 bits per heavy atom. The van der Waals surface area contributed by atoms with Gasteiger partial charge in [-0.15, -0.1) is 0 Å². The number of nitrogens with two attached hydrogens (primary N) is 1. The van der Waals surface area contributed by atoms with Crippen molar-refractivity contribution in [3.8, 4) is 0 Å². The molecule has 2 aromatic carbocycles. The van der Waals surface area contributed by atoms with Gasteiger partial charge >= 0.3 is 5.97 Å². The Kier molecular flexibility index (Phi) is 2.60. The SMILES string of the molecule is Nc1c(C(=O)O)cccc1C1=C(c2ccccc2)C1. The van der Waals surface area contributed by atoms with Gasteiger partial charge in [-0.2, -0.15) is 0 Å². The zero-order valence-electron chi connectivity index (χ0n) is 10.3. The van der Waals surface area contributed by atoms with Crippen LogP contribution >= 0.6 is 0 Å². The second-order valence-corrected chi connectivity index (χ2v) is 4.57. The molecule has 0 fully saturated rings. The van der Waals surface area contributed by atoms with Crippen LogP contribution < -0.4 is 5.73 Å². The molecule has 0 radical (unpaired) electrons. The van der Waals surface area contributed by atoms with E-state index in [1.807, 2.05) is 24.3 Å². The number of carboxylic acids is 1. The number of para-hydroxylation sites is 1. The van der Waals surface area contributed by atoms with Crippen molar-refractivity contribution in [2.45, 2.75) is 6.42 Å². The minimum absolute atomic E-state index is 0.171. The number of rotatable bonds is 3. The molecule has 0 aromatic heterocycles. The van der Waals surface area contributed by atoms with E-state index >= 15 is 0 Å². The molecule has 94 valence electrons. The molecule has 2 aromatic rings. The van der Waals surface area contributed by atoms with E-state index in [-0.39, 0.29) is 5.56 Å². The minimum atomic E-state index is -0.984. The summed E-state index contributed by atoms with van der Waals surface area (Å²) in [5, 5.41) is 9.08. The lowest BCUT2D eigenvalue weighted by Gasteiger charge is -2.04. The predicted octanol–water partition coefficient (Wildman–Crippen LogP) is 3.28. The van der Waals surface area contributed by atoms with Crippen LogP contribution in [-0.2, 0) is 0 Å². The second kappa shape index (κ2) is 4.28. The molecule has 0 heterocycles. The van der Waals surface area contributed by atoms with E-state index in [1.165, 1.54) is 17.2 Å². The van der Waals surface area contributed by atoms with Crippen LogP contribution in [-0.4, -0.2) is 11.1 Å². The molecular weight excluding hydrogens is 238 g/mol. The van der Waals surface area contributed by atoms with E-state index in [2.05, 4.69) is 12.1 Å². The first-order valence-electron chi connectivity index (χ1n) is 6.08. The standard InChI is InChI=1S/C16H13NO2/c17-15-11(7-4-8-12(15)16(18)19)14-9-13(14)10-5-2-1-3-6-10/h1-8H,9,17H2,(H,18,19). The quantitative estimate of drug-likeness (QED) is 0.823. The molecule has 0 unspecified atom stereocenters. The molecule has 19 heavy (non-hydrogen) atoms. The average Bonchev–Trinajstić information content (AvgIpc) is 3.20. The van der Waals surface area contributed by atoms with Crippen molar-refractivity contribution in [1.29, 1.82) is 0 Å². The molecule has 0 aliphatic heterocycles. The van der Waals surface area contributed by atoms with Crippen LogP contribution in [0.2, 0.25) is 0 Å². The summed E-state index contributed by atoms with van der Waals surface area (Å²) >= 11 is 0. The van der Waals surface area contributed by atoms with Crippen molar-refractivity contribution in [2.24, 2.45) is 0 Å². The smallest absolute Gasteiger partial charge is 0.337 e. The molecule has 0 bridgehead atoms. The van der Waals surface area contributed by atoms with Gasteiger partial charge in [0, 0.05) is 5.56 Å². The van der Waals surface area contributed by atoms with Crippen LogP contribution in [0.3, 0.4) is 0 Å². The van der Waals surface area contributed by atoms with Gasteiger partial charge in [0.25, 0.3) is 0 Å². The predicted molar refractivity (Wildman–Crippen MR) is 75.7 cm³/mol. The van der Waals surface area contributed by atoms with Gasteiger partial charge in [-0.3, -0.25) is 0 Å². The van der Waals surface area contributed by atoms with E-state index in [4.69, 9.17) is 10.8 Å². The highest BCUT2D eigenvalue weighted by molar-refractivity contribution is 6.11. The van der Waals surface area contributed by atoms with Gasteiger partial charge in [-0.1, -0.05) is 42.5 Å². The fourth-order valence-corrected chi connectivity index (χ4v) is 2.32. The van der Waals surface area contributed by atoms with Crippen LogP contribution in [0.5, 0.6) is 0 Å². The second-order valence-electron chi connectivity index (χ2n) is 4.57. The Bertz CT molecular complexity index is 687. The summed E-state index contributed by atoms with van der Waals surface area (Å²) < 4.78 is 0. The number of anilines is 1. The molecule has 0 spiro atoms. The number of allylic oxidation sites excluding steroid dienone is 2. The molecule has 1 aliphatic rings. The maximum absolute atomic E-state index is 11.1. The normalized spacial score (nSPS) is 13.5. The lowest BCUT2D eigenvalue weighted by Crippen LogP contribution is -2.03. The van der Waals surface area contributed by atoms with E-state index in [0.29, 0.717) is 5.69 Å². The number of aromatic carboxylic acids is 1. The van der Waals surface area contributed by atoms with E-state index in [1.54, 1.807) is 6.07 Å². The summed E-state index contributed by atoms with van der Waals surface area (Å²) in [7, 11) is 0. The van der Waals surface area contributed by atoms with Gasteiger partial charge in [0.1, 0.15) is 0 Å². The van der Waals surface area contributed by atoms with Crippen LogP contribution in [0.25, 0.3) is 11.1 Å². The molecule has 3 N–H and O–H groups in total. The lowest BCUT2D eigenvalue weighted by atomic mass is 10.1. The molecule has 3 nitrogen and oxygen atoms in total. The molecule has 0 amide bonds. The van der Waals surface area contributed by atoms with Crippen molar-refractivity contribution < 1.29 is 9.90 Å². The molecule has 0 atom stereocenters. The van der Waals surface area contributed by atoms with Gasteiger partial charge < -0.3 is 10.8 Å². The van der Waals surface area contributed by atoms with Gasteiger partial charge in [0.05, 0.1) is 11.3 Å². The lowest BCUT2D eigenvalue weighted by molar-refractivity contribution is 0.0698. The molecule has 3 rings (SSSR count). The summed E-state index contributed by atoms with van der Waals surface area (Å²) in [6.45, 7) is 0. The number of hydrogen-bond donors (Lipinski definition) is 2. The first-order chi connectivity index (χ1) is 9.18. The highest BCUT2D eigenvalue weighted by Gasteiger charge is 2.27. The Balaban J connectivity index is 2.04. The largest absolute Gasteiger partial charge is 0.478 e. The van der Waals surface area contributed by atoms with E-state index in [9.17, 15) is 4.79 Å². The zero-order chi connectivity index (χ0) is 13.4. The average molecular weight is 251 g/mol. The van der Waals surface area contributed by atoms with E-state index < -0.39 is 5.97 Å². The van der Waals surface area contributed by atoms with Crippen molar-refractivity contribution in [3.05, 3.63) is 65.2 Å². The van der Waals surface area contributed by atoms with Crippen molar-refractivity contribution in [3.63, 3.8) is 0 Å². The van der Waals surface area contributed by atoms with Gasteiger partial charge in [-0.25, -0.2) is 4.79 Å². The number of carbonyl (C=O) groups is 1. The maximum atomic E-state index is 11.1. The fourth-order valence-electron chi connectivity index (χ4n) is 2.32. The van der Waals surface area contributed by atoms with Crippen molar-refractivity contribution in [2.75, 3.05) is 5.73 Å². The Hall–Kier alpha value is -2.55. The molecule has 3 heteroatoms. The third-order valence-electron chi connectivity index (χ3n) is 3.38. The summed E-state index contributed by atoms with van der Waals surface area (Å²) in [5.74, 6) is -0.984. The fraction of sp³-hybridized carbons (Fsp3) is 0.0625. The maximum Gasteiger partial charge on any atom is 0.337 e. The third kappa shape index (κ3) is 1.99. The summed E-state index contributed by atoms with van der Waals surface area (Å²) in [5.41, 5.74) is 10.9. The minimum Gasteiger partial charge on any atom is -0.478 e. The monoisotopic (exact) mass is 251 g/mol. The Morgan fingerprint density at radius 2 is 1.74 bits per heavy atom. The van der Waals surface area contributed by atoms with Crippen LogP contribution in [0.4, 0.5) is 5.69 Å². The number of hydrogen-bond acceptors (Lipinski definition) is 2. The summed E-state index contributed by atoms with van der Waals surface area (Å²) in [4.78, 5) is 11.1. The van der Waals surface area contributed by atoms with Crippen molar-refractivity contribution in [1.82, 2.24) is 0 Å². The van der Waals surface area contributed by atoms with Gasteiger partial charge in [0.2, 0.25) is 0 Å². The molecule has 0 saturated heterocycles. The third-order valence-corrected chi connectivity index (χ3v) is 3.38. The molecule has 1 aliphatic carbocycles. The first kappa shape index (κ1) is 11.5. The van der Waals surface area contributed by atoms with Crippen LogP contribution in [0.15, 0.2) is 48.5 Å². The van der Waals surface area contributed by atoms with Crippen LogP contribution in [0.1, 0.15) is 27.9 Å². The summed E-state index contributed by atoms with van der Waals surface area (Å²) in [6, 6.07) is 15.2. The first-order valence-corrected chi connectivity index (χ1v) is 6.08. The van der Waals surface area contributed by atoms with E-state index in [0.717, 1.165) is 17.6 Å². The zero-order valence-corrected chi connectivity index (χ0v) is 10.3. The topological polar surface area (TPSA) is 63.3 Å². The molecular formula is C16H13NO2.